The Morgan fingerprint density at radius 2 is 2.14 bits per heavy atom. The van der Waals surface area contributed by atoms with Gasteiger partial charge in [-0.1, -0.05) is 15.9 Å². The van der Waals surface area contributed by atoms with E-state index in [1.165, 1.54) is 36.9 Å². The lowest BCUT2D eigenvalue weighted by molar-refractivity contribution is -0.841. The quantitative estimate of drug-likeness (QED) is 0.842. The maximum atomic E-state index is 10.2. The van der Waals surface area contributed by atoms with Crippen LogP contribution in [0.3, 0.4) is 0 Å². The van der Waals surface area contributed by atoms with Crippen molar-refractivity contribution in [1.29, 1.82) is 0 Å². The van der Waals surface area contributed by atoms with Crippen LogP contribution < -0.4 is 0 Å². The first kappa shape index (κ1) is 13.6. The fraction of sp³-hybridized carbons (Fsp3) is 0.533. The summed E-state index contributed by atoms with van der Waals surface area (Å²) in [7, 11) is 2.38. The van der Waals surface area contributed by atoms with E-state index in [1.807, 2.05) is 16.7 Å². The van der Waals surface area contributed by atoms with Crippen molar-refractivity contribution in [3.63, 3.8) is 0 Å². The van der Waals surface area contributed by atoms with Gasteiger partial charge < -0.3 is 9.50 Å². The van der Waals surface area contributed by atoms with Crippen LogP contribution in [0.4, 0.5) is 0 Å². The van der Waals surface area contributed by atoms with Gasteiger partial charge in [0.25, 0.3) is 6.01 Å². The third-order valence-electron chi connectivity index (χ3n) is 5.53. The number of quaternary nitrogens is 1. The van der Waals surface area contributed by atoms with E-state index in [-0.39, 0.29) is 6.01 Å². The molecule has 1 atom stereocenters. The molecule has 6 heteroatoms. The normalized spacial score (nSPS) is 31.9. The number of aromatic hydroxyl groups is 1. The van der Waals surface area contributed by atoms with Gasteiger partial charge in [-0.3, -0.25) is 4.57 Å². The predicted octanol–water partition coefficient (Wildman–Crippen LogP) is 1.91. The van der Waals surface area contributed by atoms with Gasteiger partial charge in [-0.15, -0.1) is 0 Å². The summed E-state index contributed by atoms with van der Waals surface area (Å²) in [6.45, 7) is 4.77. The van der Waals surface area contributed by atoms with E-state index in [9.17, 15) is 5.11 Å². The second kappa shape index (κ2) is 4.75. The first-order valence-electron chi connectivity index (χ1n) is 7.72. The van der Waals surface area contributed by atoms with E-state index >= 15 is 0 Å². The van der Waals surface area contributed by atoms with Gasteiger partial charge in [-0.2, -0.15) is 4.98 Å². The smallest absolute Gasteiger partial charge is 0.372 e. The van der Waals surface area contributed by atoms with Crippen LogP contribution in [0.15, 0.2) is 22.7 Å². The topological polar surface area (TPSA) is 38.0 Å². The van der Waals surface area contributed by atoms with Crippen molar-refractivity contribution in [3.05, 3.63) is 22.7 Å². The van der Waals surface area contributed by atoms with Gasteiger partial charge in [0, 0.05) is 16.9 Å². The number of fused-ring (bicyclic) bond motifs is 4. The molecule has 3 saturated heterocycles. The number of rotatable bonds is 2. The molecule has 1 unspecified atom stereocenters. The Morgan fingerprint density at radius 1 is 1.38 bits per heavy atom. The van der Waals surface area contributed by atoms with Crippen LogP contribution in [-0.2, 0) is 6.54 Å². The number of aromatic nitrogens is 2. The summed E-state index contributed by atoms with van der Waals surface area (Å²) in [5.74, 6) is 1.47. The van der Waals surface area contributed by atoms with E-state index < -0.39 is 0 Å². The minimum atomic E-state index is 0.155. The fourth-order valence-electron chi connectivity index (χ4n) is 4.28. The number of piperidine rings is 3. The van der Waals surface area contributed by atoms with Crippen LogP contribution >= 0.6 is 15.9 Å². The highest BCUT2D eigenvalue weighted by molar-refractivity contribution is 9.10. The molecule has 5 rings (SSSR count). The number of hydrogen-bond acceptors (Lipinski definition) is 2. The first-order chi connectivity index (χ1) is 10.0. The molecule has 0 radical (unpaired) electrons. The third-order valence-corrected chi connectivity index (χ3v) is 6.02. The van der Waals surface area contributed by atoms with Crippen LogP contribution in [0.5, 0.6) is 6.01 Å². The standard InChI is InChI=1S/C15H19BBrN3O/c16-20-5-3-10(4-6-20)11(9-20)8-19-14-7-12(17)1-2-13(14)18-15(19)21/h1-2,7,10-11H,3-6,8-9,16H2/p+1. The van der Waals surface area contributed by atoms with Crippen molar-refractivity contribution in [3.8, 4) is 6.01 Å². The van der Waals surface area contributed by atoms with Crippen molar-refractivity contribution in [2.75, 3.05) is 19.6 Å². The fourth-order valence-corrected chi connectivity index (χ4v) is 4.63. The van der Waals surface area contributed by atoms with Crippen LogP contribution in [0.25, 0.3) is 11.0 Å². The summed E-state index contributed by atoms with van der Waals surface area (Å²) in [5.41, 5.74) is 1.90. The molecular weight excluding hydrogens is 329 g/mol. The van der Waals surface area contributed by atoms with Crippen LogP contribution in [-0.4, -0.2) is 46.7 Å². The maximum absolute atomic E-state index is 10.2. The van der Waals surface area contributed by atoms with Gasteiger partial charge >= 0.3 is 7.98 Å². The highest BCUT2D eigenvalue weighted by Gasteiger charge is 2.42. The zero-order valence-electron chi connectivity index (χ0n) is 12.3. The van der Waals surface area contributed by atoms with E-state index in [0.29, 0.717) is 5.92 Å². The Kier molecular flexibility index (Phi) is 3.08. The SMILES string of the molecule is B[N+]12CCC(CC1)C(Cn1c(O)nc3ccc(Br)cc31)C2. The van der Waals surface area contributed by atoms with E-state index in [2.05, 4.69) is 35.0 Å². The van der Waals surface area contributed by atoms with Crippen molar-refractivity contribution < 1.29 is 9.50 Å². The van der Waals surface area contributed by atoms with Crippen LogP contribution in [0.2, 0.25) is 0 Å². The molecule has 1 aromatic carbocycles. The molecule has 0 amide bonds. The van der Waals surface area contributed by atoms with Crippen molar-refractivity contribution in [1.82, 2.24) is 9.55 Å². The molecule has 0 saturated carbocycles. The average Bonchev–Trinajstić information content (AvgIpc) is 2.75. The third kappa shape index (κ3) is 2.29. The molecule has 3 fully saturated rings. The molecule has 0 spiro atoms. The number of imidazole rings is 1. The lowest BCUT2D eigenvalue weighted by Crippen LogP contribution is -2.60. The predicted molar refractivity (Wildman–Crippen MR) is 88.7 cm³/mol. The number of hydrogen-bond donors (Lipinski definition) is 1. The van der Waals surface area contributed by atoms with Gasteiger partial charge in [0.2, 0.25) is 0 Å². The van der Waals surface area contributed by atoms with E-state index in [1.54, 1.807) is 0 Å². The molecule has 110 valence electrons. The molecule has 4 heterocycles. The average molecular weight is 349 g/mol. The Hall–Kier alpha value is -1.01. The summed E-state index contributed by atoms with van der Waals surface area (Å²) in [6.07, 6.45) is 2.66. The second-order valence-electron chi connectivity index (χ2n) is 7.00. The summed E-state index contributed by atoms with van der Waals surface area (Å²) in [6, 6.07) is 6.14. The summed E-state index contributed by atoms with van der Waals surface area (Å²) < 4.78 is 4.24. The Bertz CT molecular complexity index is 694. The summed E-state index contributed by atoms with van der Waals surface area (Å²) in [4.78, 5) is 4.29. The molecule has 2 aromatic rings. The van der Waals surface area contributed by atoms with Crippen LogP contribution in [0, 0.1) is 11.8 Å². The molecule has 2 bridgehead atoms. The van der Waals surface area contributed by atoms with E-state index in [4.69, 9.17) is 0 Å². The van der Waals surface area contributed by atoms with Gasteiger partial charge in [-0.25, -0.2) is 0 Å². The molecular formula is C15H20BBrN3O+. The van der Waals surface area contributed by atoms with Gasteiger partial charge in [0.05, 0.1) is 30.7 Å². The lowest BCUT2D eigenvalue weighted by atomic mass is 9.75. The van der Waals surface area contributed by atoms with Crippen molar-refractivity contribution in [2.45, 2.75) is 19.4 Å². The van der Waals surface area contributed by atoms with Crippen molar-refractivity contribution >= 4 is 34.9 Å². The largest absolute Gasteiger partial charge is 0.480 e. The molecule has 1 aromatic heterocycles. The monoisotopic (exact) mass is 348 g/mol. The van der Waals surface area contributed by atoms with Gasteiger partial charge in [-0.05, 0) is 37.0 Å². The molecule has 4 nitrogen and oxygen atoms in total. The zero-order valence-corrected chi connectivity index (χ0v) is 13.9. The lowest BCUT2D eigenvalue weighted by Gasteiger charge is -2.52. The Labute approximate surface area is 133 Å². The number of nitrogens with zero attached hydrogens (tertiary/aromatic N) is 3. The maximum Gasteiger partial charge on any atom is 0.372 e. The minimum Gasteiger partial charge on any atom is -0.480 e. The van der Waals surface area contributed by atoms with Gasteiger partial charge in [0.15, 0.2) is 0 Å². The second-order valence-corrected chi connectivity index (χ2v) is 7.92. The molecule has 3 aliphatic heterocycles. The number of halogens is 1. The zero-order chi connectivity index (χ0) is 14.6. The highest BCUT2D eigenvalue weighted by Crippen LogP contribution is 2.38. The van der Waals surface area contributed by atoms with Gasteiger partial charge in [0.1, 0.15) is 0 Å². The van der Waals surface area contributed by atoms with Crippen molar-refractivity contribution in [2.24, 2.45) is 11.8 Å². The summed E-state index contributed by atoms with van der Waals surface area (Å²) in [5, 5.41) is 10.2. The number of benzene rings is 1. The highest BCUT2D eigenvalue weighted by atomic mass is 79.9. The summed E-state index contributed by atoms with van der Waals surface area (Å²) >= 11 is 3.52. The molecule has 1 N–H and O–H groups in total. The molecule has 0 aliphatic carbocycles. The Balaban J connectivity index is 1.68. The Morgan fingerprint density at radius 3 is 2.86 bits per heavy atom. The van der Waals surface area contributed by atoms with Crippen LogP contribution in [0.1, 0.15) is 12.8 Å². The van der Waals surface area contributed by atoms with E-state index in [0.717, 1.165) is 28.0 Å². The molecule has 21 heavy (non-hydrogen) atoms. The molecule has 3 aliphatic rings. The minimum absolute atomic E-state index is 0.155. The first-order valence-corrected chi connectivity index (χ1v) is 8.52.